The van der Waals surface area contributed by atoms with Crippen molar-refractivity contribution >= 4 is 10.9 Å². The highest BCUT2D eigenvalue weighted by Gasteiger charge is 2.34. The van der Waals surface area contributed by atoms with Crippen LogP contribution in [0, 0.1) is 0 Å². The molecule has 0 aliphatic rings. The van der Waals surface area contributed by atoms with Crippen LogP contribution in [0.1, 0.15) is 5.56 Å². The summed E-state index contributed by atoms with van der Waals surface area (Å²) < 4.78 is 38.9. The number of aromatic nitrogens is 2. The minimum absolute atomic E-state index is 0.141. The van der Waals surface area contributed by atoms with Crippen LogP contribution in [0.5, 0.6) is 0 Å². The Labute approximate surface area is 78.0 Å². The Bertz CT molecular complexity index is 470. The number of rotatable bonds is 0. The summed E-state index contributed by atoms with van der Waals surface area (Å²) >= 11 is 0. The lowest BCUT2D eigenvalue weighted by Crippen LogP contribution is -2.03. The number of aryl methyl sites for hydroxylation is 1. The third-order valence-electron chi connectivity index (χ3n) is 2.10. The van der Waals surface area contributed by atoms with Gasteiger partial charge in [0.2, 0.25) is 0 Å². The van der Waals surface area contributed by atoms with Gasteiger partial charge in [0.25, 0.3) is 0 Å². The zero-order valence-corrected chi connectivity index (χ0v) is 7.34. The molecule has 74 valence electrons. The normalized spacial score (nSPS) is 12.3. The van der Waals surface area contributed by atoms with E-state index in [0.29, 0.717) is 5.52 Å². The van der Waals surface area contributed by atoms with Gasteiger partial charge in [-0.1, -0.05) is 0 Å². The van der Waals surface area contributed by atoms with Gasteiger partial charge >= 0.3 is 6.18 Å². The lowest BCUT2D eigenvalue weighted by Gasteiger charge is -2.02. The first-order chi connectivity index (χ1) is 6.50. The molecule has 0 atom stereocenters. The molecule has 2 aromatic rings. The summed E-state index contributed by atoms with van der Waals surface area (Å²) in [5.74, 6) is 0. The SMILES string of the molecule is Cn1cc(C(F)(F)F)c2cnccc21. The van der Waals surface area contributed by atoms with E-state index in [1.807, 2.05) is 0 Å². The molecule has 0 saturated heterocycles. The summed E-state index contributed by atoms with van der Waals surface area (Å²) in [6, 6.07) is 1.56. The largest absolute Gasteiger partial charge is 0.418 e. The molecular formula is C9H7F3N2. The molecule has 0 N–H and O–H groups in total. The van der Waals surface area contributed by atoms with Crippen molar-refractivity contribution in [3.05, 3.63) is 30.2 Å². The van der Waals surface area contributed by atoms with Gasteiger partial charge in [-0.15, -0.1) is 0 Å². The molecular weight excluding hydrogens is 193 g/mol. The average Bonchev–Trinajstić information content (AvgIpc) is 2.44. The van der Waals surface area contributed by atoms with Crippen LogP contribution in [0.25, 0.3) is 10.9 Å². The molecule has 0 aliphatic carbocycles. The van der Waals surface area contributed by atoms with Crippen LogP contribution in [0.3, 0.4) is 0 Å². The Morgan fingerprint density at radius 2 is 2.07 bits per heavy atom. The van der Waals surface area contributed by atoms with E-state index in [-0.39, 0.29) is 5.39 Å². The zero-order valence-electron chi connectivity index (χ0n) is 7.34. The first-order valence-corrected chi connectivity index (χ1v) is 3.96. The topological polar surface area (TPSA) is 17.8 Å². The quantitative estimate of drug-likeness (QED) is 0.639. The molecule has 2 heterocycles. The second-order valence-electron chi connectivity index (χ2n) is 3.04. The fourth-order valence-electron chi connectivity index (χ4n) is 1.46. The molecule has 0 radical (unpaired) electrons. The van der Waals surface area contributed by atoms with Crippen molar-refractivity contribution in [1.82, 2.24) is 9.55 Å². The van der Waals surface area contributed by atoms with Crippen molar-refractivity contribution in [2.24, 2.45) is 7.05 Å². The average molecular weight is 200 g/mol. The van der Waals surface area contributed by atoms with E-state index >= 15 is 0 Å². The summed E-state index contributed by atoms with van der Waals surface area (Å²) in [5, 5.41) is 0.141. The van der Waals surface area contributed by atoms with Gasteiger partial charge in [-0.2, -0.15) is 13.2 Å². The van der Waals surface area contributed by atoms with Crippen LogP contribution in [-0.4, -0.2) is 9.55 Å². The van der Waals surface area contributed by atoms with Crippen LogP contribution >= 0.6 is 0 Å². The van der Waals surface area contributed by atoms with Crippen LogP contribution in [0.15, 0.2) is 24.7 Å². The molecule has 0 spiro atoms. The van der Waals surface area contributed by atoms with Crippen LogP contribution in [0.4, 0.5) is 13.2 Å². The maximum Gasteiger partial charge on any atom is 0.418 e. The highest BCUT2D eigenvalue weighted by Crippen LogP contribution is 2.35. The number of hydrogen-bond acceptors (Lipinski definition) is 1. The maximum absolute atomic E-state index is 12.5. The fourth-order valence-corrected chi connectivity index (χ4v) is 1.46. The third-order valence-corrected chi connectivity index (χ3v) is 2.10. The zero-order chi connectivity index (χ0) is 10.3. The number of nitrogens with zero attached hydrogens (tertiary/aromatic N) is 2. The molecule has 0 saturated carbocycles. The summed E-state index contributed by atoms with van der Waals surface area (Å²) in [7, 11) is 1.58. The molecule has 0 bridgehead atoms. The Balaban J connectivity index is 2.80. The third kappa shape index (κ3) is 1.25. The molecule has 0 amide bonds. The fraction of sp³-hybridized carbons (Fsp3) is 0.222. The van der Waals surface area contributed by atoms with E-state index in [2.05, 4.69) is 4.98 Å². The molecule has 5 heteroatoms. The summed E-state index contributed by atoms with van der Waals surface area (Å²) in [5.41, 5.74) is -0.101. The van der Waals surface area contributed by atoms with E-state index in [0.717, 1.165) is 6.20 Å². The van der Waals surface area contributed by atoms with E-state index in [1.54, 1.807) is 13.1 Å². The molecule has 0 aliphatic heterocycles. The molecule has 2 aromatic heterocycles. The van der Waals surface area contributed by atoms with Crippen LogP contribution in [0.2, 0.25) is 0 Å². The van der Waals surface area contributed by atoms with Gasteiger partial charge in [-0.3, -0.25) is 4.98 Å². The second kappa shape index (κ2) is 2.73. The van der Waals surface area contributed by atoms with Crippen LogP contribution < -0.4 is 0 Å². The monoisotopic (exact) mass is 200 g/mol. The highest BCUT2D eigenvalue weighted by molar-refractivity contribution is 5.83. The predicted octanol–water partition coefficient (Wildman–Crippen LogP) is 2.59. The predicted molar refractivity (Wildman–Crippen MR) is 45.7 cm³/mol. The number of fused-ring (bicyclic) bond motifs is 1. The van der Waals surface area contributed by atoms with Gasteiger partial charge in [0.1, 0.15) is 0 Å². The van der Waals surface area contributed by atoms with E-state index in [4.69, 9.17) is 0 Å². The lowest BCUT2D eigenvalue weighted by molar-refractivity contribution is -0.136. The summed E-state index contributed by atoms with van der Waals surface area (Å²) in [6.07, 6.45) is -0.532. The van der Waals surface area contributed by atoms with E-state index in [9.17, 15) is 13.2 Å². The molecule has 14 heavy (non-hydrogen) atoms. The number of alkyl halides is 3. The van der Waals surface area contributed by atoms with Crippen molar-refractivity contribution in [2.45, 2.75) is 6.18 Å². The van der Waals surface area contributed by atoms with Crippen molar-refractivity contribution < 1.29 is 13.2 Å². The first-order valence-electron chi connectivity index (χ1n) is 3.96. The summed E-state index contributed by atoms with van der Waals surface area (Å²) in [6.45, 7) is 0. The smallest absolute Gasteiger partial charge is 0.350 e. The van der Waals surface area contributed by atoms with Crippen molar-refractivity contribution in [2.75, 3.05) is 0 Å². The van der Waals surface area contributed by atoms with Gasteiger partial charge in [-0.25, -0.2) is 0 Å². The van der Waals surface area contributed by atoms with Gasteiger partial charge < -0.3 is 4.57 Å². The first kappa shape index (κ1) is 9.05. The van der Waals surface area contributed by atoms with Gasteiger partial charge in [-0.05, 0) is 6.07 Å². The van der Waals surface area contributed by atoms with Crippen molar-refractivity contribution in [3.63, 3.8) is 0 Å². The summed E-state index contributed by atoms with van der Waals surface area (Å²) in [4.78, 5) is 3.69. The van der Waals surface area contributed by atoms with Gasteiger partial charge in [0.15, 0.2) is 0 Å². The molecule has 0 unspecified atom stereocenters. The minimum atomic E-state index is -4.32. The molecule has 2 rings (SSSR count). The Hall–Kier alpha value is -1.52. The maximum atomic E-state index is 12.5. The Kier molecular flexibility index (Phi) is 1.77. The number of pyridine rings is 1. The Morgan fingerprint density at radius 1 is 1.36 bits per heavy atom. The van der Waals surface area contributed by atoms with Crippen LogP contribution in [-0.2, 0) is 13.2 Å². The van der Waals surface area contributed by atoms with E-state index < -0.39 is 11.7 Å². The number of hydrogen-bond donors (Lipinski definition) is 0. The second-order valence-corrected chi connectivity index (χ2v) is 3.04. The minimum Gasteiger partial charge on any atom is -0.350 e. The molecule has 0 fully saturated rings. The molecule has 2 nitrogen and oxygen atoms in total. The van der Waals surface area contributed by atoms with Crippen molar-refractivity contribution in [1.29, 1.82) is 0 Å². The van der Waals surface area contributed by atoms with E-state index in [1.165, 1.54) is 17.0 Å². The van der Waals surface area contributed by atoms with Gasteiger partial charge in [0.05, 0.1) is 11.1 Å². The molecule has 0 aromatic carbocycles. The standard InChI is InChI=1S/C9H7F3N2/c1-14-5-7(9(10,11)12)6-4-13-3-2-8(6)14/h2-5H,1H3. The lowest BCUT2D eigenvalue weighted by atomic mass is 10.2. The van der Waals surface area contributed by atoms with Crippen molar-refractivity contribution in [3.8, 4) is 0 Å². The highest BCUT2D eigenvalue weighted by atomic mass is 19.4. The Morgan fingerprint density at radius 3 is 2.71 bits per heavy atom. The number of halogens is 3. The van der Waals surface area contributed by atoms with Gasteiger partial charge in [0, 0.05) is 31.0 Å².